The fraction of sp³-hybridized carbons (Fsp3) is 0.154. The van der Waals surface area contributed by atoms with Gasteiger partial charge in [0, 0.05) is 0 Å². The van der Waals surface area contributed by atoms with Gasteiger partial charge in [-0.2, -0.15) is 0 Å². The predicted molar refractivity (Wildman–Crippen MR) is 64.6 cm³/mol. The smallest absolute Gasteiger partial charge is 0.140 e. The van der Waals surface area contributed by atoms with Crippen LogP contribution in [0.1, 0.15) is 5.56 Å². The van der Waals surface area contributed by atoms with Gasteiger partial charge in [0.05, 0.1) is 12.8 Å². The molecule has 3 nitrogen and oxygen atoms in total. The summed E-state index contributed by atoms with van der Waals surface area (Å²) in [4.78, 5) is 4.82. The van der Waals surface area contributed by atoms with Gasteiger partial charge in [-0.25, -0.2) is 0 Å². The number of aliphatic hydroxyl groups is 1. The van der Waals surface area contributed by atoms with E-state index in [4.69, 9.17) is 9.94 Å². The van der Waals surface area contributed by atoms with E-state index < -0.39 is 0 Å². The Bertz CT molecular complexity index is 494. The van der Waals surface area contributed by atoms with Crippen molar-refractivity contribution in [3.63, 3.8) is 0 Å². The second-order valence-electron chi connectivity index (χ2n) is 3.40. The highest BCUT2D eigenvalue weighted by molar-refractivity contribution is 5.90. The lowest BCUT2D eigenvalue weighted by atomic mass is 10.1. The highest BCUT2D eigenvalue weighted by Gasteiger charge is 1.93. The molecule has 2 aromatic rings. The molecule has 0 spiro atoms. The van der Waals surface area contributed by atoms with E-state index in [1.807, 2.05) is 30.3 Å². The molecule has 82 valence electrons. The summed E-state index contributed by atoms with van der Waals surface area (Å²) in [5.74, 6) is 0. The topological polar surface area (TPSA) is 41.8 Å². The van der Waals surface area contributed by atoms with Gasteiger partial charge >= 0.3 is 0 Å². The third kappa shape index (κ3) is 2.58. The van der Waals surface area contributed by atoms with Gasteiger partial charge in [0.1, 0.15) is 6.61 Å². The first kappa shape index (κ1) is 10.6. The molecule has 1 N–H and O–H groups in total. The lowest BCUT2D eigenvalue weighted by molar-refractivity contribution is 0.0997. The Balaban J connectivity index is 2.16. The molecule has 0 unspecified atom stereocenters. The number of benzene rings is 2. The Hall–Kier alpha value is -1.87. The molecule has 0 saturated carbocycles. The van der Waals surface area contributed by atoms with Crippen LogP contribution in [-0.2, 0) is 4.84 Å². The van der Waals surface area contributed by atoms with Crippen LogP contribution in [0.15, 0.2) is 47.6 Å². The van der Waals surface area contributed by atoms with Gasteiger partial charge in [-0.1, -0.05) is 41.6 Å². The van der Waals surface area contributed by atoms with Crippen LogP contribution in [-0.4, -0.2) is 24.5 Å². The molecule has 2 rings (SSSR count). The number of aliphatic hydroxyl groups excluding tert-OH is 1. The third-order valence-electron chi connectivity index (χ3n) is 2.23. The van der Waals surface area contributed by atoms with Crippen LogP contribution >= 0.6 is 0 Å². The molecule has 0 amide bonds. The van der Waals surface area contributed by atoms with Crippen LogP contribution in [0.5, 0.6) is 0 Å². The van der Waals surface area contributed by atoms with Crippen molar-refractivity contribution in [1.82, 2.24) is 0 Å². The molecule has 0 atom stereocenters. The quantitative estimate of drug-likeness (QED) is 0.482. The highest BCUT2D eigenvalue weighted by Crippen LogP contribution is 2.14. The molecular weight excluding hydrogens is 202 g/mol. The minimum Gasteiger partial charge on any atom is -0.393 e. The number of fused-ring (bicyclic) bond motifs is 1. The first-order chi connectivity index (χ1) is 7.90. The highest BCUT2D eigenvalue weighted by atomic mass is 16.6. The molecule has 0 radical (unpaired) electrons. The third-order valence-corrected chi connectivity index (χ3v) is 2.23. The SMILES string of the molecule is OCCON=Cc1ccc2ccccc2c1. The number of hydrogen-bond acceptors (Lipinski definition) is 3. The van der Waals surface area contributed by atoms with Crippen LogP contribution in [0.2, 0.25) is 0 Å². The van der Waals surface area contributed by atoms with E-state index in [1.54, 1.807) is 6.21 Å². The largest absolute Gasteiger partial charge is 0.393 e. The summed E-state index contributed by atoms with van der Waals surface area (Å²) in [6, 6.07) is 14.2. The zero-order valence-electron chi connectivity index (χ0n) is 8.84. The van der Waals surface area contributed by atoms with E-state index >= 15 is 0 Å². The molecular formula is C13H13NO2. The molecule has 3 heteroatoms. The van der Waals surface area contributed by atoms with Crippen LogP contribution in [0.4, 0.5) is 0 Å². The maximum Gasteiger partial charge on any atom is 0.140 e. The number of rotatable bonds is 4. The molecule has 0 fully saturated rings. The van der Waals surface area contributed by atoms with Gasteiger partial charge < -0.3 is 9.94 Å². The van der Waals surface area contributed by atoms with Crippen LogP contribution in [0, 0.1) is 0 Å². The van der Waals surface area contributed by atoms with E-state index in [2.05, 4.69) is 17.3 Å². The molecule has 0 aliphatic rings. The number of nitrogens with zero attached hydrogens (tertiary/aromatic N) is 1. The van der Waals surface area contributed by atoms with E-state index in [9.17, 15) is 0 Å². The molecule has 0 aromatic heterocycles. The number of hydrogen-bond donors (Lipinski definition) is 1. The maximum atomic E-state index is 8.51. The second kappa shape index (κ2) is 5.28. The molecule has 0 heterocycles. The fourth-order valence-electron chi connectivity index (χ4n) is 1.48. The van der Waals surface area contributed by atoms with Gasteiger partial charge in [0.15, 0.2) is 0 Å². The Labute approximate surface area is 94.0 Å². The second-order valence-corrected chi connectivity index (χ2v) is 3.40. The molecule has 16 heavy (non-hydrogen) atoms. The fourth-order valence-corrected chi connectivity index (χ4v) is 1.48. The minimum absolute atomic E-state index is 0.0188. The van der Waals surface area contributed by atoms with Crippen LogP contribution in [0.3, 0.4) is 0 Å². The van der Waals surface area contributed by atoms with Crippen molar-refractivity contribution in [2.45, 2.75) is 0 Å². The van der Waals surface area contributed by atoms with Gasteiger partial charge in [-0.3, -0.25) is 0 Å². The Morgan fingerprint density at radius 1 is 1.12 bits per heavy atom. The van der Waals surface area contributed by atoms with Gasteiger partial charge in [-0.05, 0) is 22.4 Å². The van der Waals surface area contributed by atoms with E-state index in [1.165, 1.54) is 10.8 Å². The van der Waals surface area contributed by atoms with Crippen molar-refractivity contribution >= 4 is 17.0 Å². The summed E-state index contributed by atoms with van der Waals surface area (Å²) in [5.41, 5.74) is 0.983. The standard InChI is InChI=1S/C13H13NO2/c15-7-8-16-14-10-11-5-6-12-3-1-2-4-13(12)9-11/h1-6,9-10,15H,7-8H2. The first-order valence-corrected chi connectivity index (χ1v) is 5.15. The van der Waals surface area contributed by atoms with E-state index in [0.717, 1.165) is 5.56 Å². The number of oxime groups is 1. The van der Waals surface area contributed by atoms with Crippen molar-refractivity contribution < 1.29 is 9.94 Å². The first-order valence-electron chi connectivity index (χ1n) is 5.15. The Kier molecular flexibility index (Phi) is 3.51. The van der Waals surface area contributed by atoms with Crippen molar-refractivity contribution in [2.75, 3.05) is 13.2 Å². The zero-order chi connectivity index (χ0) is 11.2. The molecule has 0 saturated heterocycles. The molecule has 0 bridgehead atoms. The Morgan fingerprint density at radius 3 is 2.75 bits per heavy atom. The van der Waals surface area contributed by atoms with E-state index in [0.29, 0.717) is 0 Å². The maximum absolute atomic E-state index is 8.51. The van der Waals surface area contributed by atoms with Crippen molar-refractivity contribution in [1.29, 1.82) is 0 Å². The summed E-state index contributed by atoms with van der Waals surface area (Å²) < 4.78 is 0. The molecule has 2 aromatic carbocycles. The van der Waals surface area contributed by atoms with Crippen molar-refractivity contribution in [3.05, 3.63) is 48.0 Å². The van der Waals surface area contributed by atoms with Crippen molar-refractivity contribution in [3.8, 4) is 0 Å². The minimum atomic E-state index is -0.0188. The summed E-state index contributed by atoms with van der Waals surface area (Å²) in [6.45, 7) is 0.207. The van der Waals surface area contributed by atoms with Gasteiger partial charge in [0.25, 0.3) is 0 Å². The van der Waals surface area contributed by atoms with Crippen molar-refractivity contribution in [2.24, 2.45) is 5.16 Å². The summed E-state index contributed by atoms with van der Waals surface area (Å²) >= 11 is 0. The van der Waals surface area contributed by atoms with Gasteiger partial charge in [0.2, 0.25) is 0 Å². The van der Waals surface area contributed by atoms with E-state index in [-0.39, 0.29) is 13.2 Å². The van der Waals surface area contributed by atoms with Crippen LogP contribution in [0.25, 0.3) is 10.8 Å². The average Bonchev–Trinajstić information content (AvgIpc) is 2.34. The average molecular weight is 215 g/mol. The molecule has 0 aliphatic heterocycles. The molecule has 0 aliphatic carbocycles. The predicted octanol–water partition coefficient (Wildman–Crippen LogP) is 2.18. The lowest BCUT2D eigenvalue weighted by Crippen LogP contribution is -1.93. The summed E-state index contributed by atoms with van der Waals surface area (Å²) in [6.07, 6.45) is 1.64. The normalized spacial score (nSPS) is 11.1. The monoisotopic (exact) mass is 215 g/mol. The lowest BCUT2D eigenvalue weighted by Gasteiger charge is -1.98. The summed E-state index contributed by atoms with van der Waals surface area (Å²) in [5, 5.41) is 14.6. The van der Waals surface area contributed by atoms with Gasteiger partial charge in [-0.15, -0.1) is 0 Å². The Morgan fingerprint density at radius 2 is 1.94 bits per heavy atom. The zero-order valence-corrected chi connectivity index (χ0v) is 8.84. The summed E-state index contributed by atoms with van der Waals surface area (Å²) in [7, 11) is 0. The van der Waals surface area contributed by atoms with Crippen LogP contribution < -0.4 is 0 Å².